The first-order valence-corrected chi connectivity index (χ1v) is 8.78. The smallest absolute Gasteiger partial charge is 0.321 e. The zero-order valence-electron chi connectivity index (χ0n) is 14.6. The van der Waals surface area contributed by atoms with E-state index in [9.17, 15) is 18.4 Å². The van der Waals surface area contributed by atoms with Crippen LogP contribution in [0.25, 0.3) is 0 Å². The van der Waals surface area contributed by atoms with Crippen LogP contribution in [-0.2, 0) is 4.79 Å². The van der Waals surface area contributed by atoms with Crippen LogP contribution in [0.15, 0.2) is 18.2 Å². The Kier molecular flexibility index (Phi) is 6.87. The predicted molar refractivity (Wildman–Crippen MR) is 89.7 cm³/mol. The van der Waals surface area contributed by atoms with Crippen LogP contribution >= 0.6 is 0 Å². The lowest BCUT2D eigenvalue weighted by Gasteiger charge is -2.23. The molecule has 25 heavy (non-hydrogen) atoms. The number of hydrogen-bond acceptors (Lipinski definition) is 2. The highest BCUT2D eigenvalue weighted by molar-refractivity contribution is 5.96. The van der Waals surface area contributed by atoms with Gasteiger partial charge >= 0.3 is 6.03 Å². The second-order valence-electron chi connectivity index (χ2n) is 6.73. The summed E-state index contributed by atoms with van der Waals surface area (Å²) in [6.45, 7) is 3.36. The number of carbonyl (C=O) groups is 2. The van der Waals surface area contributed by atoms with Crippen molar-refractivity contribution in [2.24, 2.45) is 0 Å². The number of rotatable bonds is 5. The van der Waals surface area contributed by atoms with Gasteiger partial charge in [0.25, 0.3) is 5.91 Å². The molecular formula is C18H26F2N3O2+. The molecule has 1 saturated carbocycles. The fourth-order valence-corrected chi connectivity index (χ4v) is 3.19. The molecule has 0 aliphatic heterocycles. The number of carbonyl (C=O) groups excluding carboxylic acids is 2. The topological polar surface area (TPSA) is 74.8 Å². The number of benzene rings is 1. The van der Waals surface area contributed by atoms with Crippen LogP contribution in [-0.4, -0.2) is 24.0 Å². The molecule has 7 heteroatoms. The van der Waals surface area contributed by atoms with Gasteiger partial charge in [-0.15, -0.1) is 0 Å². The van der Waals surface area contributed by atoms with Gasteiger partial charge in [-0.3, -0.25) is 10.1 Å². The number of imide groups is 1. The highest BCUT2D eigenvalue weighted by atomic mass is 19.1. The van der Waals surface area contributed by atoms with Gasteiger partial charge in [0.2, 0.25) is 0 Å². The Morgan fingerprint density at radius 2 is 1.84 bits per heavy atom. The first-order valence-electron chi connectivity index (χ1n) is 8.78. The highest BCUT2D eigenvalue weighted by Crippen LogP contribution is 2.17. The van der Waals surface area contributed by atoms with E-state index in [1.807, 2.05) is 0 Å². The van der Waals surface area contributed by atoms with Crippen molar-refractivity contribution >= 4 is 11.9 Å². The molecule has 1 aliphatic carbocycles. The first-order chi connectivity index (χ1) is 11.9. The molecule has 0 heterocycles. The number of hydrogen-bond donors (Lipinski definition) is 3. The fourth-order valence-electron chi connectivity index (χ4n) is 3.19. The van der Waals surface area contributed by atoms with Gasteiger partial charge in [0.1, 0.15) is 17.7 Å². The van der Waals surface area contributed by atoms with Gasteiger partial charge in [0, 0.05) is 17.7 Å². The van der Waals surface area contributed by atoms with Crippen molar-refractivity contribution in [2.45, 2.75) is 64.1 Å². The summed E-state index contributed by atoms with van der Waals surface area (Å²) in [7, 11) is 0. The molecule has 0 spiro atoms. The lowest BCUT2D eigenvalue weighted by Crippen LogP contribution is -2.92. The molecule has 0 aromatic heterocycles. The zero-order valence-corrected chi connectivity index (χ0v) is 14.6. The Hall–Kier alpha value is -2.02. The highest BCUT2D eigenvalue weighted by Gasteiger charge is 2.24. The summed E-state index contributed by atoms with van der Waals surface area (Å²) in [6, 6.07) is 2.03. The molecule has 4 N–H and O–H groups in total. The van der Waals surface area contributed by atoms with Gasteiger partial charge in [-0.2, -0.15) is 0 Å². The standard InChI is InChI=1S/C18H25F2N3O2/c1-11(15-9-8-13(19)10-16(15)20)21-12(2)17(24)23-18(25)22-14-6-4-3-5-7-14/h8-12,14,21H,3-7H2,1-2H3,(H2,22,23,24,25)/p+1/t11-,12+/m1/s1. The number of amides is 3. The van der Waals surface area contributed by atoms with E-state index in [0.717, 1.165) is 31.7 Å². The van der Waals surface area contributed by atoms with Gasteiger partial charge in [0.05, 0.1) is 0 Å². The summed E-state index contributed by atoms with van der Waals surface area (Å²) < 4.78 is 26.8. The summed E-state index contributed by atoms with van der Waals surface area (Å²) in [5.41, 5.74) is 0.313. The Morgan fingerprint density at radius 1 is 1.16 bits per heavy atom. The van der Waals surface area contributed by atoms with Gasteiger partial charge < -0.3 is 10.6 Å². The van der Waals surface area contributed by atoms with Crippen molar-refractivity contribution in [3.8, 4) is 0 Å². The summed E-state index contributed by atoms with van der Waals surface area (Å²) in [6.07, 6.45) is 5.23. The Bertz CT molecular complexity index is 618. The van der Waals surface area contributed by atoms with Gasteiger partial charge in [0.15, 0.2) is 6.04 Å². The Balaban J connectivity index is 1.83. The average molecular weight is 354 g/mol. The molecule has 1 fully saturated rings. The summed E-state index contributed by atoms with van der Waals surface area (Å²) in [4.78, 5) is 24.1. The van der Waals surface area contributed by atoms with Crippen molar-refractivity contribution in [1.29, 1.82) is 0 Å². The van der Waals surface area contributed by atoms with Crippen molar-refractivity contribution < 1.29 is 23.7 Å². The first kappa shape index (κ1) is 19.3. The predicted octanol–water partition coefficient (Wildman–Crippen LogP) is 2.14. The van der Waals surface area contributed by atoms with Crippen LogP contribution in [0.1, 0.15) is 57.6 Å². The van der Waals surface area contributed by atoms with Crippen molar-refractivity contribution in [1.82, 2.24) is 10.6 Å². The normalized spacial score (nSPS) is 17.6. The monoisotopic (exact) mass is 354 g/mol. The van der Waals surface area contributed by atoms with Crippen LogP contribution in [0.2, 0.25) is 0 Å². The van der Waals surface area contributed by atoms with Crippen LogP contribution < -0.4 is 16.0 Å². The number of nitrogens with one attached hydrogen (secondary N) is 2. The van der Waals surface area contributed by atoms with Crippen molar-refractivity contribution in [3.05, 3.63) is 35.4 Å². The summed E-state index contributed by atoms with van der Waals surface area (Å²) in [5, 5.41) is 6.79. The molecule has 138 valence electrons. The SMILES string of the molecule is C[C@H]([NH2+][C@H](C)c1ccc(F)cc1F)C(=O)NC(=O)NC1CCCCC1. The molecular weight excluding hydrogens is 328 g/mol. The Morgan fingerprint density at radius 3 is 2.48 bits per heavy atom. The molecule has 2 rings (SSSR count). The lowest BCUT2D eigenvalue weighted by atomic mass is 9.96. The second-order valence-corrected chi connectivity index (χ2v) is 6.73. The molecule has 0 radical (unpaired) electrons. The quantitative estimate of drug-likeness (QED) is 0.758. The molecule has 3 amide bonds. The third kappa shape index (κ3) is 5.77. The second kappa shape index (κ2) is 8.89. The average Bonchev–Trinajstić information content (AvgIpc) is 2.55. The number of quaternary nitrogens is 1. The maximum Gasteiger partial charge on any atom is 0.321 e. The zero-order chi connectivity index (χ0) is 18.4. The molecule has 0 unspecified atom stereocenters. The van der Waals surface area contributed by atoms with Crippen molar-refractivity contribution in [2.75, 3.05) is 0 Å². The Labute approximate surface area is 146 Å². The molecule has 1 aromatic carbocycles. The van der Waals surface area contributed by atoms with Crippen LogP contribution in [0.3, 0.4) is 0 Å². The molecule has 0 saturated heterocycles. The van der Waals surface area contributed by atoms with E-state index in [1.54, 1.807) is 19.2 Å². The van der Waals surface area contributed by atoms with E-state index in [0.29, 0.717) is 5.56 Å². The van der Waals surface area contributed by atoms with Gasteiger partial charge in [-0.25, -0.2) is 13.6 Å². The summed E-state index contributed by atoms with van der Waals surface area (Å²) in [5.74, 6) is -1.73. The fraction of sp³-hybridized carbons (Fsp3) is 0.556. The van der Waals surface area contributed by atoms with E-state index >= 15 is 0 Å². The third-order valence-electron chi connectivity index (χ3n) is 4.62. The van der Waals surface area contributed by atoms with Crippen LogP contribution in [0.5, 0.6) is 0 Å². The molecule has 1 aliphatic rings. The number of urea groups is 1. The lowest BCUT2D eigenvalue weighted by molar-refractivity contribution is -0.710. The number of halogens is 2. The maximum atomic E-state index is 13.8. The van der Waals surface area contributed by atoms with E-state index in [4.69, 9.17) is 0 Å². The van der Waals surface area contributed by atoms with E-state index in [1.165, 1.54) is 18.6 Å². The van der Waals surface area contributed by atoms with Crippen LogP contribution in [0, 0.1) is 11.6 Å². The molecule has 2 atom stereocenters. The molecule has 5 nitrogen and oxygen atoms in total. The van der Waals surface area contributed by atoms with Crippen molar-refractivity contribution in [3.63, 3.8) is 0 Å². The molecule has 0 bridgehead atoms. The van der Waals surface area contributed by atoms with Crippen LogP contribution in [0.4, 0.5) is 13.6 Å². The molecule has 1 aromatic rings. The van der Waals surface area contributed by atoms with E-state index in [2.05, 4.69) is 10.6 Å². The largest absolute Gasteiger partial charge is 0.335 e. The minimum atomic E-state index is -0.647. The van der Waals surface area contributed by atoms with Gasteiger partial charge in [-0.1, -0.05) is 19.3 Å². The minimum Gasteiger partial charge on any atom is -0.335 e. The maximum absolute atomic E-state index is 13.8. The van der Waals surface area contributed by atoms with E-state index in [-0.39, 0.29) is 12.1 Å². The third-order valence-corrected chi connectivity index (χ3v) is 4.62. The summed E-state index contributed by atoms with van der Waals surface area (Å²) >= 11 is 0. The number of nitrogens with two attached hydrogens (primary N) is 1. The minimum absolute atomic E-state index is 0.119. The van der Waals surface area contributed by atoms with Gasteiger partial charge in [-0.05, 0) is 38.8 Å². The van der Waals surface area contributed by atoms with E-state index < -0.39 is 29.6 Å².